The molecule has 0 saturated carbocycles. The number of hydrogen-bond donors (Lipinski definition) is 0. The molecule has 0 N–H and O–H groups in total. The van der Waals surface area contributed by atoms with Crippen LogP contribution >= 0.6 is 0 Å². The summed E-state index contributed by atoms with van der Waals surface area (Å²) in [5.41, 5.74) is 1.17. The lowest BCUT2D eigenvalue weighted by molar-refractivity contribution is 0.0988. The molecule has 0 atom stereocenters. The number of carbonyl (C=O) groups is 1. The quantitative estimate of drug-likeness (QED) is 0.778. The monoisotopic (exact) mass is 281 g/mol. The smallest absolute Gasteiger partial charge is 0.169 e. The van der Waals surface area contributed by atoms with Crippen LogP contribution in [0.2, 0.25) is 0 Å². The average Bonchev–Trinajstić information content (AvgIpc) is 2.55. The fourth-order valence-corrected chi connectivity index (χ4v) is 1.86. The van der Waals surface area contributed by atoms with Crippen LogP contribution < -0.4 is 9.47 Å². The van der Waals surface area contributed by atoms with Gasteiger partial charge < -0.3 is 9.47 Å². The summed E-state index contributed by atoms with van der Waals surface area (Å²) in [5.74, 6) is 1.71. The van der Waals surface area contributed by atoms with Gasteiger partial charge in [-0.05, 0) is 36.4 Å². The van der Waals surface area contributed by atoms with Crippen molar-refractivity contribution >= 4 is 5.78 Å². The van der Waals surface area contributed by atoms with E-state index in [4.69, 9.17) is 14.7 Å². The second-order valence-corrected chi connectivity index (χ2v) is 4.38. The van der Waals surface area contributed by atoms with Crippen molar-refractivity contribution in [1.82, 2.24) is 0 Å². The summed E-state index contributed by atoms with van der Waals surface area (Å²) in [6.45, 7) is 1.83. The summed E-state index contributed by atoms with van der Waals surface area (Å²) in [6, 6.07) is 13.9. The van der Waals surface area contributed by atoms with E-state index in [0.29, 0.717) is 34.8 Å². The maximum absolute atomic E-state index is 11.6. The molecule has 21 heavy (non-hydrogen) atoms. The first-order valence-corrected chi connectivity index (χ1v) is 6.57. The van der Waals surface area contributed by atoms with Gasteiger partial charge in [-0.2, -0.15) is 5.26 Å². The molecule has 2 rings (SSSR count). The van der Waals surface area contributed by atoms with Crippen molar-refractivity contribution in [2.45, 2.75) is 13.3 Å². The predicted molar refractivity (Wildman–Crippen MR) is 78.8 cm³/mol. The molecular weight excluding hydrogens is 266 g/mol. The SMILES string of the molecule is CCC(=O)c1ccc(Oc2ccc(C#N)cc2OC)cc1. The molecule has 0 heterocycles. The Morgan fingerprint density at radius 3 is 2.43 bits per heavy atom. The Hall–Kier alpha value is -2.80. The van der Waals surface area contributed by atoms with E-state index in [1.165, 1.54) is 7.11 Å². The molecule has 0 aliphatic rings. The number of nitrogens with zero attached hydrogens (tertiary/aromatic N) is 1. The maximum Gasteiger partial charge on any atom is 0.169 e. The summed E-state index contributed by atoms with van der Waals surface area (Å²) in [5, 5.41) is 8.87. The number of ether oxygens (including phenoxy) is 2. The minimum Gasteiger partial charge on any atom is -0.493 e. The van der Waals surface area contributed by atoms with E-state index in [1.54, 1.807) is 42.5 Å². The zero-order chi connectivity index (χ0) is 15.2. The molecule has 0 unspecified atom stereocenters. The van der Waals surface area contributed by atoms with Crippen molar-refractivity contribution in [2.24, 2.45) is 0 Å². The molecule has 2 aromatic rings. The average molecular weight is 281 g/mol. The van der Waals surface area contributed by atoms with Crippen LogP contribution in [0.3, 0.4) is 0 Å². The number of Topliss-reactive ketones (excluding diaryl/α,β-unsaturated/α-hetero) is 1. The van der Waals surface area contributed by atoms with Crippen molar-refractivity contribution < 1.29 is 14.3 Å². The molecule has 0 aliphatic heterocycles. The number of hydrogen-bond acceptors (Lipinski definition) is 4. The number of carbonyl (C=O) groups excluding carboxylic acids is 1. The van der Waals surface area contributed by atoms with Gasteiger partial charge in [0.05, 0.1) is 18.7 Å². The highest BCUT2D eigenvalue weighted by molar-refractivity contribution is 5.95. The highest BCUT2D eigenvalue weighted by Crippen LogP contribution is 2.32. The first kappa shape index (κ1) is 14.6. The normalized spacial score (nSPS) is 9.76. The van der Waals surface area contributed by atoms with Gasteiger partial charge in [-0.3, -0.25) is 4.79 Å². The zero-order valence-electron chi connectivity index (χ0n) is 11.9. The van der Waals surface area contributed by atoms with E-state index in [2.05, 4.69) is 0 Å². The Kier molecular flexibility index (Phi) is 4.57. The van der Waals surface area contributed by atoms with Crippen molar-refractivity contribution in [3.8, 4) is 23.3 Å². The molecule has 0 saturated heterocycles. The van der Waals surface area contributed by atoms with Gasteiger partial charge in [0.15, 0.2) is 17.3 Å². The predicted octanol–water partition coefficient (Wildman–Crippen LogP) is 3.95. The van der Waals surface area contributed by atoms with Gasteiger partial charge in [-0.1, -0.05) is 6.92 Å². The Balaban J connectivity index is 2.22. The van der Waals surface area contributed by atoms with E-state index in [1.807, 2.05) is 13.0 Å². The lowest BCUT2D eigenvalue weighted by Gasteiger charge is -2.10. The van der Waals surface area contributed by atoms with E-state index >= 15 is 0 Å². The lowest BCUT2D eigenvalue weighted by atomic mass is 10.1. The molecule has 106 valence electrons. The Morgan fingerprint density at radius 1 is 1.14 bits per heavy atom. The Bertz CT molecular complexity index is 684. The minimum absolute atomic E-state index is 0.0949. The summed E-state index contributed by atoms with van der Waals surface area (Å²) in [4.78, 5) is 11.6. The van der Waals surface area contributed by atoms with Crippen LogP contribution in [0.1, 0.15) is 29.3 Å². The third-order valence-corrected chi connectivity index (χ3v) is 3.02. The fraction of sp³-hybridized carbons (Fsp3) is 0.176. The molecule has 0 fully saturated rings. The van der Waals surface area contributed by atoms with Crippen molar-refractivity contribution in [3.63, 3.8) is 0 Å². The molecule has 0 amide bonds. The van der Waals surface area contributed by atoms with Crippen LogP contribution in [0, 0.1) is 11.3 Å². The van der Waals surface area contributed by atoms with Crippen LogP contribution in [0.25, 0.3) is 0 Å². The van der Waals surface area contributed by atoms with Crippen molar-refractivity contribution in [2.75, 3.05) is 7.11 Å². The summed E-state index contributed by atoms with van der Waals surface area (Å²) in [6.07, 6.45) is 0.476. The van der Waals surface area contributed by atoms with Gasteiger partial charge in [0, 0.05) is 18.1 Å². The van der Waals surface area contributed by atoms with Crippen LogP contribution in [0.5, 0.6) is 17.2 Å². The van der Waals surface area contributed by atoms with Gasteiger partial charge in [0.2, 0.25) is 0 Å². The van der Waals surface area contributed by atoms with E-state index < -0.39 is 0 Å². The van der Waals surface area contributed by atoms with Gasteiger partial charge in [0.1, 0.15) is 5.75 Å². The molecule has 2 aromatic carbocycles. The number of methoxy groups -OCH3 is 1. The molecule has 0 bridgehead atoms. The molecule has 0 aromatic heterocycles. The second kappa shape index (κ2) is 6.58. The topological polar surface area (TPSA) is 59.3 Å². The number of rotatable bonds is 5. The van der Waals surface area contributed by atoms with Crippen LogP contribution in [0.15, 0.2) is 42.5 Å². The van der Waals surface area contributed by atoms with Gasteiger partial charge >= 0.3 is 0 Å². The molecule has 4 heteroatoms. The van der Waals surface area contributed by atoms with Gasteiger partial charge in [-0.15, -0.1) is 0 Å². The first-order valence-electron chi connectivity index (χ1n) is 6.57. The molecule has 0 radical (unpaired) electrons. The summed E-state index contributed by atoms with van der Waals surface area (Å²) < 4.78 is 10.9. The number of benzene rings is 2. The van der Waals surface area contributed by atoms with E-state index in [-0.39, 0.29) is 5.78 Å². The van der Waals surface area contributed by atoms with Crippen LogP contribution in [-0.4, -0.2) is 12.9 Å². The molecule has 0 spiro atoms. The second-order valence-electron chi connectivity index (χ2n) is 4.38. The van der Waals surface area contributed by atoms with Gasteiger partial charge in [-0.25, -0.2) is 0 Å². The van der Waals surface area contributed by atoms with Crippen molar-refractivity contribution in [3.05, 3.63) is 53.6 Å². The third kappa shape index (κ3) is 3.40. The number of ketones is 1. The molecular formula is C17H15NO3. The lowest BCUT2D eigenvalue weighted by Crippen LogP contribution is -1.96. The molecule has 0 aliphatic carbocycles. The van der Waals surface area contributed by atoms with Crippen molar-refractivity contribution in [1.29, 1.82) is 5.26 Å². The van der Waals surface area contributed by atoms with E-state index in [0.717, 1.165) is 0 Å². The standard InChI is InChI=1S/C17H15NO3/c1-3-15(19)13-5-7-14(8-6-13)21-16-9-4-12(11-18)10-17(16)20-2/h4-10H,3H2,1-2H3. The van der Waals surface area contributed by atoms with Crippen LogP contribution in [0.4, 0.5) is 0 Å². The Morgan fingerprint density at radius 2 is 1.86 bits per heavy atom. The highest BCUT2D eigenvalue weighted by atomic mass is 16.5. The first-order chi connectivity index (χ1) is 10.2. The fourth-order valence-electron chi connectivity index (χ4n) is 1.86. The summed E-state index contributed by atoms with van der Waals surface area (Å²) in [7, 11) is 1.52. The highest BCUT2D eigenvalue weighted by Gasteiger charge is 2.08. The molecule has 4 nitrogen and oxygen atoms in total. The number of nitriles is 1. The third-order valence-electron chi connectivity index (χ3n) is 3.02. The maximum atomic E-state index is 11.6. The summed E-state index contributed by atoms with van der Waals surface area (Å²) >= 11 is 0. The largest absolute Gasteiger partial charge is 0.493 e. The van der Waals surface area contributed by atoms with E-state index in [9.17, 15) is 4.79 Å². The van der Waals surface area contributed by atoms with Crippen LogP contribution in [-0.2, 0) is 0 Å². The minimum atomic E-state index is 0.0949. The Labute approximate surface area is 123 Å². The van der Waals surface area contributed by atoms with Gasteiger partial charge in [0.25, 0.3) is 0 Å². The zero-order valence-corrected chi connectivity index (χ0v) is 11.9.